The van der Waals surface area contributed by atoms with E-state index >= 15 is 0 Å². The minimum atomic E-state index is 0.0461. The van der Waals surface area contributed by atoms with Crippen LogP contribution in [0.3, 0.4) is 0 Å². The third-order valence-electron chi connectivity index (χ3n) is 3.29. The van der Waals surface area contributed by atoms with E-state index in [1.54, 1.807) is 4.90 Å². The maximum absolute atomic E-state index is 12.4. The Morgan fingerprint density at radius 2 is 2.10 bits per heavy atom. The molecule has 0 bridgehead atoms. The minimum Gasteiger partial charge on any atom is -0.341 e. The number of rotatable bonds is 4. The average Bonchev–Trinajstić information content (AvgIpc) is 2.43. The van der Waals surface area contributed by atoms with Crippen molar-refractivity contribution in [3.63, 3.8) is 0 Å². The van der Waals surface area contributed by atoms with Crippen LogP contribution in [0.2, 0.25) is 0 Å². The lowest BCUT2D eigenvalue weighted by Gasteiger charge is -2.21. The molecular formula is C17H24N2O. The molecule has 0 radical (unpaired) electrons. The van der Waals surface area contributed by atoms with Gasteiger partial charge in [-0.3, -0.25) is 4.79 Å². The predicted molar refractivity (Wildman–Crippen MR) is 83.5 cm³/mol. The molecule has 0 aliphatic heterocycles. The van der Waals surface area contributed by atoms with E-state index in [-0.39, 0.29) is 5.91 Å². The number of nitrogens with zero attached hydrogens (tertiary/aromatic N) is 1. The Labute approximate surface area is 122 Å². The SMILES string of the molecule is CCC(C)CN(C)C(=O)c1cc(C)cc(C#CCN)c1. The number of hydrogen-bond donors (Lipinski definition) is 1. The quantitative estimate of drug-likeness (QED) is 0.856. The van der Waals surface area contributed by atoms with Gasteiger partial charge in [-0.05, 0) is 36.6 Å². The summed E-state index contributed by atoms with van der Waals surface area (Å²) in [7, 11) is 1.85. The fourth-order valence-corrected chi connectivity index (χ4v) is 2.03. The first-order valence-electron chi connectivity index (χ1n) is 7.04. The standard InChI is InChI=1S/C17H24N2O/c1-5-13(2)12-19(4)17(20)16-10-14(3)9-15(11-16)7-6-8-18/h9-11,13H,5,8,12,18H2,1-4H3. The fourth-order valence-electron chi connectivity index (χ4n) is 2.03. The zero-order valence-corrected chi connectivity index (χ0v) is 12.9. The summed E-state index contributed by atoms with van der Waals surface area (Å²) in [6, 6.07) is 5.71. The van der Waals surface area contributed by atoms with Gasteiger partial charge in [-0.25, -0.2) is 0 Å². The van der Waals surface area contributed by atoms with Crippen LogP contribution in [0, 0.1) is 24.7 Å². The van der Waals surface area contributed by atoms with Gasteiger partial charge in [-0.15, -0.1) is 0 Å². The van der Waals surface area contributed by atoms with Gasteiger partial charge in [0.1, 0.15) is 0 Å². The van der Waals surface area contributed by atoms with Crippen molar-refractivity contribution < 1.29 is 4.79 Å². The molecule has 0 spiro atoms. The van der Waals surface area contributed by atoms with Crippen LogP contribution in [0.1, 0.15) is 41.8 Å². The molecule has 1 aromatic carbocycles. The van der Waals surface area contributed by atoms with Gasteiger partial charge < -0.3 is 10.6 Å². The summed E-state index contributed by atoms with van der Waals surface area (Å²) in [4.78, 5) is 14.2. The largest absolute Gasteiger partial charge is 0.341 e. The van der Waals surface area contributed by atoms with Gasteiger partial charge >= 0.3 is 0 Å². The van der Waals surface area contributed by atoms with Crippen molar-refractivity contribution in [3.05, 3.63) is 34.9 Å². The highest BCUT2D eigenvalue weighted by atomic mass is 16.2. The molecule has 1 aromatic rings. The van der Waals surface area contributed by atoms with E-state index in [4.69, 9.17) is 5.73 Å². The lowest BCUT2D eigenvalue weighted by Crippen LogP contribution is -2.31. The Morgan fingerprint density at radius 1 is 1.40 bits per heavy atom. The molecule has 1 unspecified atom stereocenters. The Morgan fingerprint density at radius 3 is 2.70 bits per heavy atom. The van der Waals surface area contributed by atoms with Crippen molar-refractivity contribution in [3.8, 4) is 11.8 Å². The van der Waals surface area contributed by atoms with Crippen molar-refractivity contribution in [1.82, 2.24) is 4.90 Å². The van der Waals surface area contributed by atoms with Gasteiger partial charge in [-0.2, -0.15) is 0 Å². The molecule has 0 saturated carbocycles. The molecule has 1 atom stereocenters. The van der Waals surface area contributed by atoms with Crippen molar-refractivity contribution in [2.75, 3.05) is 20.1 Å². The van der Waals surface area contributed by atoms with Gasteiger partial charge in [-0.1, -0.05) is 32.1 Å². The molecule has 0 aromatic heterocycles. The lowest BCUT2D eigenvalue weighted by molar-refractivity contribution is 0.0775. The zero-order chi connectivity index (χ0) is 15.1. The normalized spacial score (nSPS) is 11.4. The maximum atomic E-state index is 12.4. The summed E-state index contributed by atoms with van der Waals surface area (Å²) in [5, 5.41) is 0. The van der Waals surface area contributed by atoms with Crippen LogP contribution in [0.4, 0.5) is 0 Å². The molecule has 3 heteroatoms. The van der Waals surface area contributed by atoms with Gasteiger partial charge in [0.05, 0.1) is 6.54 Å². The highest BCUT2D eigenvalue weighted by Crippen LogP contribution is 2.12. The van der Waals surface area contributed by atoms with Crippen LogP contribution < -0.4 is 5.73 Å². The lowest BCUT2D eigenvalue weighted by atomic mass is 10.0. The number of benzene rings is 1. The van der Waals surface area contributed by atoms with E-state index in [9.17, 15) is 4.79 Å². The Kier molecular flexibility index (Phi) is 6.27. The highest BCUT2D eigenvalue weighted by Gasteiger charge is 2.14. The van der Waals surface area contributed by atoms with Crippen molar-refractivity contribution in [2.24, 2.45) is 11.7 Å². The molecule has 1 amide bonds. The highest BCUT2D eigenvalue weighted by molar-refractivity contribution is 5.94. The molecule has 20 heavy (non-hydrogen) atoms. The summed E-state index contributed by atoms with van der Waals surface area (Å²) in [6.45, 7) is 7.35. The van der Waals surface area contributed by atoms with Crippen LogP contribution in [0.25, 0.3) is 0 Å². The van der Waals surface area contributed by atoms with Gasteiger partial charge in [0, 0.05) is 24.7 Å². The Hall–Kier alpha value is -1.79. The second kappa shape index (κ2) is 7.72. The van der Waals surface area contributed by atoms with Crippen molar-refractivity contribution in [2.45, 2.75) is 27.2 Å². The molecule has 1 rings (SSSR count). The van der Waals surface area contributed by atoms with Crippen LogP contribution in [0.5, 0.6) is 0 Å². The van der Waals surface area contributed by atoms with E-state index in [1.807, 2.05) is 32.2 Å². The predicted octanol–water partition coefficient (Wildman–Crippen LogP) is 2.42. The van der Waals surface area contributed by atoms with Crippen molar-refractivity contribution in [1.29, 1.82) is 0 Å². The zero-order valence-electron chi connectivity index (χ0n) is 12.9. The van der Waals surface area contributed by atoms with Crippen LogP contribution in [-0.2, 0) is 0 Å². The van der Waals surface area contributed by atoms with Gasteiger partial charge in [0.25, 0.3) is 5.91 Å². The van der Waals surface area contributed by atoms with E-state index in [1.165, 1.54) is 0 Å². The number of nitrogens with two attached hydrogens (primary N) is 1. The second-order valence-corrected chi connectivity index (χ2v) is 5.29. The van der Waals surface area contributed by atoms with E-state index in [0.29, 0.717) is 18.0 Å². The first-order chi connectivity index (χ1) is 9.47. The number of carbonyl (C=O) groups excluding carboxylic acids is 1. The molecular weight excluding hydrogens is 248 g/mol. The van der Waals surface area contributed by atoms with Crippen molar-refractivity contribution >= 4 is 5.91 Å². The Bertz CT molecular complexity index is 526. The Balaban J connectivity index is 2.95. The first-order valence-corrected chi connectivity index (χ1v) is 7.04. The molecule has 2 N–H and O–H groups in total. The smallest absolute Gasteiger partial charge is 0.253 e. The molecule has 3 nitrogen and oxygen atoms in total. The number of amides is 1. The number of hydrogen-bond acceptors (Lipinski definition) is 2. The number of aryl methyl sites for hydroxylation is 1. The van der Waals surface area contributed by atoms with Gasteiger partial charge in [0.15, 0.2) is 0 Å². The molecule has 0 aliphatic carbocycles. The third-order valence-corrected chi connectivity index (χ3v) is 3.29. The summed E-state index contributed by atoms with van der Waals surface area (Å²) in [6.07, 6.45) is 1.07. The molecule has 0 aliphatic rings. The topological polar surface area (TPSA) is 46.3 Å². The molecule has 0 saturated heterocycles. The first kappa shape index (κ1) is 16.3. The second-order valence-electron chi connectivity index (χ2n) is 5.29. The molecule has 108 valence electrons. The van der Waals surface area contributed by atoms with Gasteiger partial charge in [0.2, 0.25) is 0 Å². The minimum absolute atomic E-state index is 0.0461. The number of carbonyl (C=O) groups is 1. The third kappa shape index (κ3) is 4.71. The molecule has 0 heterocycles. The van der Waals surface area contributed by atoms with E-state index in [0.717, 1.165) is 24.1 Å². The van der Waals surface area contributed by atoms with Crippen LogP contribution >= 0.6 is 0 Å². The van der Waals surface area contributed by atoms with Crippen LogP contribution in [0.15, 0.2) is 18.2 Å². The fraction of sp³-hybridized carbons (Fsp3) is 0.471. The van der Waals surface area contributed by atoms with Crippen LogP contribution in [-0.4, -0.2) is 30.9 Å². The summed E-state index contributed by atoms with van der Waals surface area (Å²) < 4.78 is 0. The monoisotopic (exact) mass is 272 g/mol. The van der Waals surface area contributed by atoms with E-state index in [2.05, 4.69) is 25.7 Å². The average molecular weight is 272 g/mol. The summed E-state index contributed by atoms with van der Waals surface area (Å²) >= 11 is 0. The molecule has 0 fully saturated rings. The van der Waals surface area contributed by atoms with E-state index < -0.39 is 0 Å². The summed E-state index contributed by atoms with van der Waals surface area (Å²) in [5.74, 6) is 6.36. The maximum Gasteiger partial charge on any atom is 0.253 e. The summed E-state index contributed by atoms with van der Waals surface area (Å²) in [5.41, 5.74) is 7.95.